The van der Waals surface area contributed by atoms with Crippen molar-refractivity contribution in [3.8, 4) is 0 Å². The number of benzene rings is 1. The average molecular weight is 370 g/mol. The molecule has 1 aromatic carbocycles. The summed E-state index contributed by atoms with van der Waals surface area (Å²) in [5.41, 5.74) is 2.96. The van der Waals surface area contributed by atoms with Crippen LogP contribution in [0.1, 0.15) is 46.8 Å². The van der Waals surface area contributed by atoms with Crippen molar-refractivity contribution in [2.75, 3.05) is 29.9 Å². The summed E-state index contributed by atoms with van der Waals surface area (Å²) in [6, 6.07) is 9.79. The standard InChI is InChI=1S/C20H22N2O3S/c23-18(13-25-20(24)19-17(9-12-26-19)14-3-4-14)21-15-5-7-16(8-6-15)22-10-1-2-11-22/h5-9,12,14H,1-4,10-11,13H2,(H,21,23). The number of anilines is 2. The number of carbonyl (C=O) groups excluding carboxylic acids is 2. The van der Waals surface area contributed by atoms with Crippen LogP contribution in [-0.4, -0.2) is 31.6 Å². The molecule has 136 valence electrons. The third kappa shape index (κ3) is 3.90. The molecular weight excluding hydrogens is 348 g/mol. The molecule has 2 aromatic rings. The second-order valence-electron chi connectivity index (χ2n) is 6.84. The molecule has 0 unspecified atom stereocenters. The third-order valence-electron chi connectivity index (χ3n) is 4.85. The van der Waals surface area contributed by atoms with Gasteiger partial charge in [-0.25, -0.2) is 4.79 Å². The van der Waals surface area contributed by atoms with Crippen LogP contribution in [-0.2, 0) is 9.53 Å². The smallest absolute Gasteiger partial charge is 0.349 e. The minimum absolute atomic E-state index is 0.269. The van der Waals surface area contributed by atoms with Crippen molar-refractivity contribution in [2.24, 2.45) is 0 Å². The number of ether oxygens (including phenoxy) is 1. The maximum Gasteiger partial charge on any atom is 0.349 e. The van der Waals surface area contributed by atoms with Gasteiger partial charge in [-0.2, -0.15) is 0 Å². The Hall–Kier alpha value is -2.34. The number of carbonyl (C=O) groups is 2. The summed E-state index contributed by atoms with van der Waals surface area (Å²) in [5, 5.41) is 4.69. The van der Waals surface area contributed by atoms with Gasteiger partial charge in [-0.05, 0) is 72.9 Å². The second kappa shape index (κ2) is 7.50. The molecule has 2 heterocycles. The fourth-order valence-electron chi connectivity index (χ4n) is 3.33. The van der Waals surface area contributed by atoms with E-state index in [9.17, 15) is 9.59 Å². The molecule has 0 radical (unpaired) electrons. The third-order valence-corrected chi connectivity index (χ3v) is 5.77. The van der Waals surface area contributed by atoms with Crippen molar-refractivity contribution in [3.63, 3.8) is 0 Å². The first kappa shape index (κ1) is 17.1. The molecule has 26 heavy (non-hydrogen) atoms. The fraction of sp³-hybridized carbons (Fsp3) is 0.400. The monoisotopic (exact) mass is 370 g/mol. The van der Waals surface area contributed by atoms with Crippen molar-refractivity contribution < 1.29 is 14.3 Å². The average Bonchev–Trinajstić information content (AvgIpc) is 3.14. The normalized spacial score (nSPS) is 16.5. The minimum atomic E-state index is -0.401. The summed E-state index contributed by atoms with van der Waals surface area (Å²) in [4.78, 5) is 27.2. The molecule has 1 aliphatic carbocycles. The number of thiophene rings is 1. The number of nitrogens with one attached hydrogen (secondary N) is 1. The van der Waals surface area contributed by atoms with E-state index in [1.165, 1.54) is 29.9 Å². The number of nitrogens with zero attached hydrogens (tertiary/aromatic N) is 1. The van der Waals surface area contributed by atoms with Crippen molar-refractivity contribution in [1.29, 1.82) is 0 Å². The van der Waals surface area contributed by atoms with Crippen molar-refractivity contribution in [2.45, 2.75) is 31.6 Å². The summed E-state index contributed by atoms with van der Waals surface area (Å²) in [7, 11) is 0. The molecule has 1 aliphatic heterocycles. The lowest BCUT2D eigenvalue weighted by Crippen LogP contribution is -2.21. The van der Waals surface area contributed by atoms with Crippen LogP contribution in [0.15, 0.2) is 35.7 Å². The van der Waals surface area contributed by atoms with Crippen molar-refractivity contribution >= 4 is 34.6 Å². The zero-order valence-electron chi connectivity index (χ0n) is 14.6. The summed E-state index contributed by atoms with van der Waals surface area (Å²) < 4.78 is 5.20. The Morgan fingerprint density at radius 1 is 1.12 bits per heavy atom. The molecule has 2 aliphatic rings. The van der Waals surface area contributed by atoms with Crippen LogP contribution in [0.2, 0.25) is 0 Å². The van der Waals surface area contributed by atoms with Crippen molar-refractivity contribution in [3.05, 3.63) is 46.2 Å². The van der Waals surface area contributed by atoms with Gasteiger partial charge in [0.1, 0.15) is 4.88 Å². The maximum atomic E-state index is 12.2. The van der Waals surface area contributed by atoms with Gasteiger partial charge in [0.25, 0.3) is 5.91 Å². The van der Waals surface area contributed by atoms with Crippen LogP contribution in [0.25, 0.3) is 0 Å². The van der Waals surface area contributed by atoms with Crippen molar-refractivity contribution in [1.82, 2.24) is 0 Å². The van der Waals surface area contributed by atoms with Crippen LogP contribution < -0.4 is 10.2 Å². The van der Waals surface area contributed by atoms with E-state index in [-0.39, 0.29) is 12.5 Å². The molecule has 1 saturated carbocycles. The zero-order chi connectivity index (χ0) is 17.9. The topological polar surface area (TPSA) is 58.6 Å². The molecule has 6 heteroatoms. The van der Waals surface area contributed by atoms with Gasteiger partial charge in [0.05, 0.1) is 0 Å². The van der Waals surface area contributed by atoms with Gasteiger partial charge < -0.3 is 15.0 Å². The lowest BCUT2D eigenvalue weighted by molar-refractivity contribution is -0.119. The van der Waals surface area contributed by atoms with Crippen LogP contribution >= 0.6 is 11.3 Å². The van der Waals surface area contributed by atoms with E-state index in [1.54, 1.807) is 0 Å². The molecule has 1 saturated heterocycles. The Balaban J connectivity index is 1.28. The highest BCUT2D eigenvalue weighted by molar-refractivity contribution is 7.12. The highest BCUT2D eigenvalue weighted by Gasteiger charge is 2.29. The number of rotatable bonds is 6. The molecule has 1 aromatic heterocycles. The number of hydrogen-bond donors (Lipinski definition) is 1. The van der Waals surface area contributed by atoms with E-state index < -0.39 is 5.97 Å². The van der Waals surface area contributed by atoms with Crippen LogP contribution in [0.3, 0.4) is 0 Å². The van der Waals surface area contributed by atoms with E-state index in [2.05, 4.69) is 10.2 Å². The Morgan fingerprint density at radius 2 is 1.85 bits per heavy atom. The van der Waals surface area contributed by atoms with E-state index in [1.807, 2.05) is 35.7 Å². The second-order valence-corrected chi connectivity index (χ2v) is 7.76. The minimum Gasteiger partial charge on any atom is -0.451 e. The maximum absolute atomic E-state index is 12.2. The molecule has 0 bridgehead atoms. The Labute approximate surface area is 157 Å². The summed E-state index contributed by atoms with van der Waals surface area (Å²) >= 11 is 1.38. The molecule has 4 rings (SSSR count). The molecule has 5 nitrogen and oxygen atoms in total. The molecule has 0 atom stereocenters. The van der Waals surface area contributed by atoms with Crippen LogP contribution in [0.5, 0.6) is 0 Å². The Morgan fingerprint density at radius 3 is 2.54 bits per heavy atom. The Bertz CT molecular complexity index is 790. The largest absolute Gasteiger partial charge is 0.451 e. The van der Waals surface area contributed by atoms with Gasteiger partial charge in [0.15, 0.2) is 6.61 Å². The van der Waals surface area contributed by atoms with Gasteiger partial charge in [0, 0.05) is 24.5 Å². The van der Waals surface area contributed by atoms with Crippen LogP contribution in [0.4, 0.5) is 11.4 Å². The van der Waals surface area contributed by atoms with E-state index in [0.717, 1.165) is 31.5 Å². The molecule has 2 fully saturated rings. The number of esters is 1. The number of hydrogen-bond acceptors (Lipinski definition) is 5. The van der Waals surface area contributed by atoms with Crippen LogP contribution in [0, 0.1) is 0 Å². The summed E-state index contributed by atoms with van der Waals surface area (Å²) in [6.45, 7) is 1.91. The Kier molecular flexibility index (Phi) is 4.93. The predicted molar refractivity (Wildman–Crippen MR) is 103 cm³/mol. The molecule has 1 amide bonds. The fourth-order valence-corrected chi connectivity index (χ4v) is 4.20. The van der Waals surface area contributed by atoms with Gasteiger partial charge >= 0.3 is 5.97 Å². The number of amides is 1. The van der Waals surface area contributed by atoms with Gasteiger partial charge in [0.2, 0.25) is 0 Å². The molecular formula is C20H22N2O3S. The van der Waals surface area contributed by atoms with Gasteiger partial charge in [-0.1, -0.05) is 0 Å². The predicted octanol–water partition coefficient (Wildman–Crippen LogP) is 4.02. The SMILES string of the molecule is O=C(COC(=O)c1sccc1C1CC1)Nc1ccc(N2CCCC2)cc1. The van der Waals surface area contributed by atoms with E-state index in [4.69, 9.17) is 4.74 Å². The molecule has 1 N–H and O–H groups in total. The van der Waals surface area contributed by atoms with E-state index in [0.29, 0.717) is 16.5 Å². The summed E-state index contributed by atoms with van der Waals surface area (Å²) in [5.74, 6) is -0.231. The lowest BCUT2D eigenvalue weighted by Gasteiger charge is -2.17. The quantitative estimate of drug-likeness (QED) is 0.780. The first-order valence-corrected chi connectivity index (χ1v) is 9.98. The molecule has 0 spiro atoms. The highest BCUT2D eigenvalue weighted by Crippen LogP contribution is 2.43. The zero-order valence-corrected chi connectivity index (χ0v) is 15.4. The first-order chi connectivity index (χ1) is 12.7. The lowest BCUT2D eigenvalue weighted by atomic mass is 10.2. The van der Waals surface area contributed by atoms with E-state index >= 15 is 0 Å². The highest BCUT2D eigenvalue weighted by atomic mass is 32.1. The summed E-state index contributed by atoms with van der Waals surface area (Å²) in [6.07, 6.45) is 4.73. The van der Waals surface area contributed by atoms with Gasteiger partial charge in [-0.15, -0.1) is 11.3 Å². The first-order valence-electron chi connectivity index (χ1n) is 9.10. The van der Waals surface area contributed by atoms with Gasteiger partial charge in [-0.3, -0.25) is 4.79 Å².